The van der Waals surface area contributed by atoms with Gasteiger partial charge in [-0.1, -0.05) is 84.0 Å². The second-order valence-corrected chi connectivity index (χ2v) is 8.16. The molecule has 0 aliphatic carbocycles. The van der Waals surface area contributed by atoms with Gasteiger partial charge in [0.1, 0.15) is 31.0 Å². The first-order valence-corrected chi connectivity index (χ1v) is 11.6. The number of allylic oxidation sites excluding steroid dienone is 1. The second kappa shape index (κ2) is 17.3. The maximum absolute atomic E-state index is 9.91. The molecule has 1 aliphatic rings. The lowest BCUT2D eigenvalue weighted by atomic mass is 10.0. The van der Waals surface area contributed by atoms with E-state index in [2.05, 4.69) is 6.92 Å². The zero-order valence-electron chi connectivity index (χ0n) is 17.9. The quantitative estimate of drug-likeness (QED) is 0.233. The third kappa shape index (κ3) is 12.1. The molecule has 0 amide bonds. The first-order valence-electron chi connectivity index (χ1n) is 11.6. The van der Waals surface area contributed by atoms with Crippen molar-refractivity contribution in [1.82, 2.24) is 0 Å². The summed E-state index contributed by atoms with van der Waals surface area (Å²) in [5.41, 5.74) is 0. The Hall–Kier alpha value is -0.620. The van der Waals surface area contributed by atoms with Gasteiger partial charge in [0, 0.05) is 0 Å². The van der Waals surface area contributed by atoms with Crippen LogP contribution in [0.3, 0.4) is 0 Å². The van der Waals surface area contributed by atoms with Gasteiger partial charge >= 0.3 is 0 Å². The number of unbranched alkanes of at least 4 members (excludes halogenated alkanes) is 13. The molecular formula is C23H44O5. The van der Waals surface area contributed by atoms with Crippen LogP contribution in [0.5, 0.6) is 0 Å². The number of ether oxygens (including phenoxy) is 2. The van der Waals surface area contributed by atoms with Crippen LogP contribution in [0.25, 0.3) is 0 Å². The SMILES string of the molecule is CCCCCCCCCCCCCCC/C=C/OC[C@H](O)[C@@H]1OC[C@@H](O)[C@@H]1O. The fourth-order valence-corrected chi connectivity index (χ4v) is 3.63. The van der Waals surface area contributed by atoms with E-state index >= 15 is 0 Å². The number of rotatable bonds is 18. The normalized spacial score (nSPS) is 23.5. The van der Waals surface area contributed by atoms with Crippen molar-refractivity contribution in [2.45, 2.75) is 121 Å². The van der Waals surface area contributed by atoms with E-state index in [1.165, 1.54) is 77.0 Å². The predicted octanol–water partition coefficient (Wildman–Crippen LogP) is 4.48. The maximum Gasteiger partial charge on any atom is 0.117 e. The van der Waals surface area contributed by atoms with E-state index in [0.29, 0.717) is 0 Å². The first kappa shape index (κ1) is 25.4. The molecule has 1 heterocycles. The molecule has 28 heavy (non-hydrogen) atoms. The zero-order valence-corrected chi connectivity index (χ0v) is 17.9. The molecule has 0 saturated carbocycles. The maximum atomic E-state index is 9.91. The molecule has 0 radical (unpaired) electrons. The van der Waals surface area contributed by atoms with Gasteiger partial charge in [-0.3, -0.25) is 0 Å². The molecule has 1 saturated heterocycles. The molecule has 5 heteroatoms. The zero-order chi connectivity index (χ0) is 20.5. The lowest BCUT2D eigenvalue weighted by molar-refractivity contribution is -0.0703. The number of hydrogen-bond donors (Lipinski definition) is 3. The summed E-state index contributed by atoms with van der Waals surface area (Å²) in [7, 11) is 0. The average molecular weight is 401 g/mol. The Bertz CT molecular complexity index is 374. The van der Waals surface area contributed by atoms with Crippen molar-refractivity contribution in [3.05, 3.63) is 12.3 Å². The van der Waals surface area contributed by atoms with Crippen LogP contribution in [0.2, 0.25) is 0 Å². The Morgan fingerprint density at radius 1 is 0.893 bits per heavy atom. The van der Waals surface area contributed by atoms with Crippen molar-refractivity contribution in [2.24, 2.45) is 0 Å². The molecule has 5 nitrogen and oxygen atoms in total. The van der Waals surface area contributed by atoms with E-state index in [1.54, 1.807) is 6.26 Å². The van der Waals surface area contributed by atoms with Gasteiger partial charge in [-0.05, 0) is 18.9 Å². The van der Waals surface area contributed by atoms with Crippen LogP contribution in [0.4, 0.5) is 0 Å². The highest BCUT2D eigenvalue weighted by Gasteiger charge is 2.39. The van der Waals surface area contributed by atoms with Gasteiger partial charge in [0.05, 0.1) is 12.9 Å². The first-order chi connectivity index (χ1) is 13.7. The van der Waals surface area contributed by atoms with Crippen molar-refractivity contribution in [1.29, 1.82) is 0 Å². The van der Waals surface area contributed by atoms with Crippen LogP contribution in [-0.2, 0) is 9.47 Å². The monoisotopic (exact) mass is 400 g/mol. The highest BCUT2D eigenvalue weighted by molar-refractivity contribution is 4.88. The molecule has 166 valence electrons. The highest BCUT2D eigenvalue weighted by atomic mass is 16.5. The molecule has 4 atom stereocenters. The third-order valence-electron chi connectivity index (χ3n) is 5.50. The molecular weight excluding hydrogens is 356 g/mol. The molecule has 0 spiro atoms. The van der Waals surface area contributed by atoms with Crippen LogP contribution in [0, 0.1) is 0 Å². The van der Waals surface area contributed by atoms with E-state index in [9.17, 15) is 15.3 Å². The van der Waals surface area contributed by atoms with Crippen molar-refractivity contribution in [3.8, 4) is 0 Å². The van der Waals surface area contributed by atoms with Crippen molar-refractivity contribution >= 4 is 0 Å². The van der Waals surface area contributed by atoms with E-state index in [4.69, 9.17) is 9.47 Å². The summed E-state index contributed by atoms with van der Waals surface area (Å²) in [6.45, 7) is 2.38. The van der Waals surface area contributed by atoms with Crippen molar-refractivity contribution < 1.29 is 24.8 Å². The number of aliphatic hydroxyl groups is 3. The van der Waals surface area contributed by atoms with Gasteiger partial charge in [-0.25, -0.2) is 0 Å². The highest BCUT2D eigenvalue weighted by Crippen LogP contribution is 2.18. The third-order valence-corrected chi connectivity index (χ3v) is 5.50. The van der Waals surface area contributed by atoms with E-state index < -0.39 is 24.4 Å². The van der Waals surface area contributed by atoms with Crippen LogP contribution in [0.1, 0.15) is 96.8 Å². The van der Waals surface area contributed by atoms with Gasteiger partial charge < -0.3 is 24.8 Å². The van der Waals surface area contributed by atoms with Gasteiger partial charge in [-0.15, -0.1) is 0 Å². The summed E-state index contributed by atoms with van der Waals surface area (Å²) in [6, 6.07) is 0. The topological polar surface area (TPSA) is 79.2 Å². The fraction of sp³-hybridized carbons (Fsp3) is 0.913. The smallest absolute Gasteiger partial charge is 0.117 e. The predicted molar refractivity (Wildman–Crippen MR) is 113 cm³/mol. The minimum atomic E-state index is -1.05. The molecule has 0 aromatic heterocycles. The Balaban J connectivity index is 1.81. The summed E-state index contributed by atoms with van der Waals surface area (Å²) in [4.78, 5) is 0. The molecule has 3 N–H and O–H groups in total. The molecule has 1 aliphatic heterocycles. The molecule has 1 rings (SSSR count). The minimum absolute atomic E-state index is 0.0534. The van der Waals surface area contributed by atoms with E-state index in [1.807, 2.05) is 6.08 Å². The van der Waals surface area contributed by atoms with Gasteiger partial charge in [0.2, 0.25) is 0 Å². The Morgan fingerprint density at radius 2 is 1.43 bits per heavy atom. The second-order valence-electron chi connectivity index (χ2n) is 8.16. The summed E-state index contributed by atoms with van der Waals surface area (Å²) in [6.07, 6.45) is 18.5. The lowest BCUT2D eigenvalue weighted by Crippen LogP contribution is -2.40. The Kier molecular flexibility index (Phi) is 15.7. The molecule has 1 fully saturated rings. The van der Waals surface area contributed by atoms with Crippen LogP contribution in [-0.4, -0.2) is 52.9 Å². The van der Waals surface area contributed by atoms with Crippen LogP contribution >= 0.6 is 0 Å². The van der Waals surface area contributed by atoms with E-state index in [-0.39, 0.29) is 13.2 Å². The average Bonchev–Trinajstić information content (AvgIpc) is 3.03. The van der Waals surface area contributed by atoms with Crippen LogP contribution < -0.4 is 0 Å². The Morgan fingerprint density at radius 3 is 1.93 bits per heavy atom. The van der Waals surface area contributed by atoms with E-state index in [0.717, 1.165) is 12.8 Å². The molecule has 0 bridgehead atoms. The lowest BCUT2D eigenvalue weighted by Gasteiger charge is -2.20. The number of hydrogen-bond acceptors (Lipinski definition) is 5. The van der Waals surface area contributed by atoms with Crippen LogP contribution in [0.15, 0.2) is 12.3 Å². The fourth-order valence-electron chi connectivity index (χ4n) is 3.63. The molecule has 0 aromatic rings. The Labute approximate surface area is 172 Å². The number of aliphatic hydroxyl groups excluding tert-OH is 3. The van der Waals surface area contributed by atoms with Gasteiger partial charge in [0.25, 0.3) is 0 Å². The van der Waals surface area contributed by atoms with Crippen molar-refractivity contribution in [2.75, 3.05) is 13.2 Å². The van der Waals surface area contributed by atoms with Gasteiger partial charge in [-0.2, -0.15) is 0 Å². The largest absolute Gasteiger partial charge is 0.499 e. The standard InChI is InChI=1S/C23H44O5/c1-2-3-4-5-6-7-8-9-10-11-12-13-14-15-16-17-27-18-21(25)23-22(26)20(24)19-28-23/h16-17,20-26H,2-15,18-19H2,1H3/b17-16+/t20-,21+,22+,23+/m1/s1. The summed E-state index contributed by atoms with van der Waals surface area (Å²) < 4.78 is 10.5. The summed E-state index contributed by atoms with van der Waals surface area (Å²) >= 11 is 0. The summed E-state index contributed by atoms with van der Waals surface area (Å²) in [5, 5.41) is 29.0. The molecule has 0 aromatic carbocycles. The summed E-state index contributed by atoms with van der Waals surface area (Å²) in [5.74, 6) is 0. The minimum Gasteiger partial charge on any atom is -0.499 e. The van der Waals surface area contributed by atoms with Gasteiger partial charge in [0.15, 0.2) is 0 Å². The molecule has 0 unspecified atom stereocenters. The van der Waals surface area contributed by atoms with Crippen molar-refractivity contribution in [3.63, 3.8) is 0 Å².